The highest BCUT2D eigenvalue weighted by Gasteiger charge is 2.10. The van der Waals surface area contributed by atoms with Gasteiger partial charge in [-0.3, -0.25) is 0 Å². The molecule has 3 aromatic rings. The van der Waals surface area contributed by atoms with E-state index in [1.165, 1.54) is 5.52 Å². The molecule has 0 radical (unpaired) electrons. The van der Waals surface area contributed by atoms with Crippen molar-refractivity contribution in [3.63, 3.8) is 0 Å². The van der Waals surface area contributed by atoms with Crippen LogP contribution >= 0.6 is 0 Å². The van der Waals surface area contributed by atoms with Gasteiger partial charge in [0.15, 0.2) is 0 Å². The van der Waals surface area contributed by atoms with Gasteiger partial charge in [0.05, 0.1) is 11.0 Å². The number of benzene rings is 2. The summed E-state index contributed by atoms with van der Waals surface area (Å²) in [6.07, 6.45) is 1.14. The van der Waals surface area contributed by atoms with E-state index in [9.17, 15) is 0 Å². The van der Waals surface area contributed by atoms with Gasteiger partial charge in [-0.25, -0.2) is 4.98 Å². The fraction of sp³-hybridized carbons (Fsp3) is 0.278. The maximum absolute atomic E-state index is 4.74. The normalized spacial score (nSPS) is 11.2. The number of aryl methyl sites for hydroxylation is 1. The van der Waals surface area contributed by atoms with Gasteiger partial charge in [-0.15, -0.1) is 0 Å². The Morgan fingerprint density at radius 3 is 2.48 bits per heavy atom. The summed E-state index contributed by atoms with van der Waals surface area (Å²) in [5.74, 6) is 1.60. The molecule has 21 heavy (non-hydrogen) atoms. The van der Waals surface area contributed by atoms with Crippen LogP contribution < -0.4 is 5.32 Å². The highest BCUT2D eigenvalue weighted by atomic mass is 15.2. The van der Waals surface area contributed by atoms with Crippen LogP contribution in [0.1, 0.15) is 20.3 Å². The Balaban J connectivity index is 1.97. The van der Waals surface area contributed by atoms with E-state index in [1.54, 1.807) is 0 Å². The zero-order valence-corrected chi connectivity index (χ0v) is 12.6. The number of rotatable bonds is 5. The van der Waals surface area contributed by atoms with Crippen molar-refractivity contribution >= 4 is 22.7 Å². The molecule has 1 aromatic heterocycles. The van der Waals surface area contributed by atoms with Gasteiger partial charge in [0, 0.05) is 12.2 Å². The SMILES string of the molecule is CC(C)CCn1c(Nc2ccccc2)nc2ccccc21. The molecule has 0 fully saturated rings. The summed E-state index contributed by atoms with van der Waals surface area (Å²) in [4.78, 5) is 4.74. The smallest absolute Gasteiger partial charge is 0.208 e. The standard InChI is InChI=1S/C18H21N3/c1-14(2)12-13-21-17-11-7-6-10-16(17)20-18(21)19-15-8-4-3-5-9-15/h3-11,14H,12-13H2,1-2H3,(H,19,20). The molecule has 0 bridgehead atoms. The lowest BCUT2D eigenvalue weighted by atomic mass is 10.1. The Labute approximate surface area is 125 Å². The molecular formula is C18H21N3. The van der Waals surface area contributed by atoms with Crippen LogP contribution in [0, 0.1) is 5.92 Å². The van der Waals surface area contributed by atoms with Crippen molar-refractivity contribution in [2.75, 3.05) is 5.32 Å². The fourth-order valence-corrected chi connectivity index (χ4v) is 2.44. The number of nitrogens with zero attached hydrogens (tertiary/aromatic N) is 2. The number of hydrogen-bond donors (Lipinski definition) is 1. The van der Waals surface area contributed by atoms with Crippen LogP contribution in [-0.2, 0) is 6.54 Å². The van der Waals surface area contributed by atoms with Gasteiger partial charge in [-0.2, -0.15) is 0 Å². The van der Waals surface area contributed by atoms with E-state index in [1.807, 2.05) is 24.3 Å². The van der Waals surface area contributed by atoms with Crippen molar-refractivity contribution < 1.29 is 0 Å². The van der Waals surface area contributed by atoms with Gasteiger partial charge in [0.2, 0.25) is 5.95 Å². The number of fused-ring (bicyclic) bond motifs is 1. The predicted molar refractivity (Wildman–Crippen MR) is 88.9 cm³/mol. The van der Waals surface area contributed by atoms with Crippen molar-refractivity contribution in [3.8, 4) is 0 Å². The minimum Gasteiger partial charge on any atom is -0.326 e. The molecule has 3 nitrogen and oxygen atoms in total. The predicted octanol–water partition coefficient (Wildman–Crippen LogP) is 4.83. The number of imidazole rings is 1. The summed E-state index contributed by atoms with van der Waals surface area (Å²) in [5.41, 5.74) is 3.30. The van der Waals surface area contributed by atoms with Crippen molar-refractivity contribution in [2.45, 2.75) is 26.8 Å². The molecule has 1 heterocycles. The molecule has 3 rings (SSSR count). The van der Waals surface area contributed by atoms with Crippen LogP contribution in [0.5, 0.6) is 0 Å². The van der Waals surface area contributed by atoms with Crippen molar-refractivity contribution in [3.05, 3.63) is 54.6 Å². The van der Waals surface area contributed by atoms with Crippen LogP contribution in [0.15, 0.2) is 54.6 Å². The Kier molecular flexibility index (Phi) is 3.91. The van der Waals surface area contributed by atoms with E-state index in [0.717, 1.165) is 30.1 Å². The lowest BCUT2D eigenvalue weighted by molar-refractivity contribution is 0.526. The van der Waals surface area contributed by atoms with Crippen LogP contribution in [0.25, 0.3) is 11.0 Å². The first-order chi connectivity index (χ1) is 10.2. The third-order valence-electron chi connectivity index (χ3n) is 3.61. The average molecular weight is 279 g/mol. The molecule has 0 aliphatic heterocycles. The minimum atomic E-state index is 0.677. The minimum absolute atomic E-state index is 0.677. The first-order valence-corrected chi connectivity index (χ1v) is 7.51. The van der Waals surface area contributed by atoms with Gasteiger partial charge < -0.3 is 9.88 Å². The number of para-hydroxylation sites is 3. The Morgan fingerprint density at radius 2 is 1.71 bits per heavy atom. The van der Waals surface area contributed by atoms with Crippen LogP contribution in [0.2, 0.25) is 0 Å². The molecule has 108 valence electrons. The zero-order chi connectivity index (χ0) is 14.7. The van der Waals surface area contributed by atoms with E-state index in [2.05, 4.69) is 54.1 Å². The Bertz CT molecular complexity index is 714. The van der Waals surface area contributed by atoms with Gasteiger partial charge in [0.1, 0.15) is 0 Å². The number of nitrogens with one attached hydrogen (secondary N) is 1. The molecule has 0 amide bonds. The lowest BCUT2D eigenvalue weighted by Gasteiger charge is -2.12. The van der Waals surface area contributed by atoms with Crippen molar-refractivity contribution in [2.24, 2.45) is 5.92 Å². The number of hydrogen-bond acceptors (Lipinski definition) is 2. The van der Waals surface area contributed by atoms with Crippen molar-refractivity contribution in [1.82, 2.24) is 9.55 Å². The maximum Gasteiger partial charge on any atom is 0.208 e. The molecule has 1 N–H and O–H groups in total. The summed E-state index contributed by atoms with van der Waals surface area (Å²) in [6.45, 7) is 5.49. The summed E-state index contributed by atoms with van der Waals surface area (Å²) in [5, 5.41) is 3.44. The van der Waals surface area contributed by atoms with Gasteiger partial charge in [-0.05, 0) is 36.6 Å². The van der Waals surface area contributed by atoms with Gasteiger partial charge in [-0.1, -0.05) is 44.2 Å². The molecule has 0 aliphatic rings. The highest BCUT2D eigenvalue weighted by Crippen LogP contribution is 2.23. The number of anilines is 2. The second-order valence-corrected chi connectivity index (χ2v) is 5.75. The Hall–Kier alpha value is -2.29. The molecule has 0 saturated heterocycles. The second kappa shape index (κ2) is 6.00. The summed E-state index contributed by atoms with van der Waals surface area (Å²) in [7, 11) is 0. The van der Waals surface area contributed by atoms with E-state index in [4.69, 9.17) is 4.98 Å². The van der Waals surface area contributed by atoms with Gasteiger partial charge in [0.25, 0.3) is 0 Å². The topological polar surface area (TPSA) is 29.9 Å². The highest BCUT2D eigenvalue weighted by molar-refractivity contribution is 5.79. The molecule has 0 saturated carbocycles. The summed E-state index contributed by atoms with van der Waals surface area (Å²) >= 11 is 0. The van der Waals surface area contributed by atoms with E-state index in [-0.39, 0.29) is 0 Å². The monoisotopic (exact) mass is 279 g/mol. The number of aromatic nitrogens is 2. The zero-order valence-electron chi connectivity index (χ0n) is 12.6. The molecule has 2 aromatic carbocycles. The molecule has 0 atom stereocenters. The average Bonchev–Trinajstić information content (AvgIpc) is 2.83. The fourth-order valence-electron chi connectivity index (χ4n) is 2.44. The van der Waals surface area contributed by atoms with Crippen LogP contribution in [0.3, 0.4) is 0 Å². The third-order valence-corrected chi connectivity index (χ3v) is 3.61. The lowest BCUT2D eigenvalue weighted by Crippen LogP contribution is -2.06. The van der Waals surface area contributed by atoms with Gasteiger partial charge >= 0.3 is 0 Å². The van der Waals surface area contributed by atoms with Crippen LogP contribution in [0.4, 0.5) is 11.6 Å². The van der Waals surface area contributed by atoms with Crippen molar-refractivity contribution in [1.29, 1.82) is 0 Å². The quantitative estimate of drug-likeness (QED) is 0.725. The molecule has 0 unspecified atom stereocenters. The van der Waals surface area contributed by atoms with Crippen LogP contribution in [-0.4, -0.2) is 9.55 Å². The second-order valence-electron chi connectivity index (χ2n) is 5.75. The molecule has 3 heteroatoms. The van der Waals surface area contributed by atoms with E-state index in [0.29, 0.717) is 5.92 Å². The largest absolute Gasteiger partial charge is 0.326 e. The Morgan fingerprint density at radius 1 is 1.00 bits per heavy atom. The first-order valence-electron chi connectivity index (χ1n) is 7.51. The maximum atomic E-state index is 4.74. The molecule has 0 aliphatic carbocycles. The molecule has 0 spiro atoms. The summed E-state index contributed by atoms with van der Waals surface area (Å²) in [6, 6.07) is 18.5. The van der Waals surface area contributed by atoms with E-state index < -0.39 is 0 Å². The first kappa shape index (κ1) is 13.7. The molecular weight excluding hydrogens is 258 g/mol. The van der Waals surface area contributed by atoms with E-state index >= 15 is 0 Å². The summed E-state index contributed by atoms with van der Waals surface area (Å²) < 4.78 is 2.28. The third kappa shape index (κ3) is 3.07.